The highest BCUT2D eigenvalue weighted by atomic mass is 16.5. The lowest BCUT2D eigenvalue weighted by Gasteiger charge is -2.14. The standard InChI is InChI=1S/C28H27NO2/c1-2-3-9-21-15-17-22(18-16-21)10-8-19-29-28(30)31-20-27-25-13-6-4-11-23(25)24-12-5-7-14-26(24)27/h4-7,11-18,27H,2-3,9,19-20H2,1H3,(H,29,30). The molecule has 0 heterocycles. The number of fused-ring (bicyclic) bond motifs is 3. The van der Waals surface area contributed by atoms with E-state index in [0.717, 1.165) is 12.0 Å². The lowest BCUT2D eigenvalue weighted by Crippen LogP contribution is -2.26. The van der Waals surface area contributed by atoms with E-state index in [2.05, 4.69) is 60.5 Å². The Kier molecular flexibility index (Phi) is 6.69. The van der Waals surface area contributed by atoms with Crippen LogP contribution in [0.3, 0.4) is 0 Å². The van der Waals surface area contributed by atoms with Crippen molar-refractivity contribution in [1.82, 2.24) is 5.32 Å². The molecule has 0 unspecified atom stereocenters. The van der Waals surface area contributed by atoms with Gasteiger partial charge in [-0.3, -0.25) is 0 Å². The van der Waals surface area contributed by atoms with Gasteiger partial charge in [-0.25, -0.2) is 4.79 Å². The molecule has 3 aromatic carbocycles. The molecule has 31 heavy (non-hydrogen) atoms. The topological polar surface area (TPSA) is 38.3 Å². The zero-order chi connectivity index (χ0) is 21.5. The Bertz CT molecular complexity index is 1060. The van der Waals surface area contributed by atoms with Crippen molar-refractivity contribution in [2.45, 2.75) is 32.1 Å². The van der Waals surface area contributed by atoms with Gasteiger partial charge in [0.25, 0.3) is 0 Å². The predicted octanol–water partition coefficient (Wildman–Crippen LogP) is 5.92. The quantitative estimate of drug-likeness (QED) is 0.513. The lowest BCUT2D eigenvalue weighted by molar-refractivity contribution is 0.144. The second-order valence-corrected chi connectivity index (χ2v) is 7.78. The molecule has 0 fully saturated rings. The molecular weight excluding hydrogens is 382 g/mol. The Morgan fingerprint density at radius 3 is 2.23 bits per heavy atom. The van der Waals surface area contributed by atoms with Crippen molar-refractivity contribution < 1.29 is 9.53 Å². The van der Waals surface area contributed by atoms with Crippen LogP contribution in [0.15, 0.2) is 72.8 Å². The number of hydrogen-bond acceptors (Lipinski definition) is 2. The highest BCUT2D eigenvalue weighted by Crippen LogP contribution is 2.44. The highest BCUT2D eigenvalue weighted by molar-refractivity contribution is 5.79. The summed E-state index contributed by atoms with van der Waals surface area (Å²) in [6.07, 6.45) is 3.07. The number of carbonyl (C=O) groups is 1. The number of alkyl carbamates (subject to hydrolysis) is 1. The van der Waals surface area contributed by atoms with Crippen molar-refractivity contribution in [3.63, 3.8) is 0 Å². The molecule has 3 nitrogen and oxygen atoms in total. The maximum Gasteiger partial charge on any atom is 0.407 e. The van der Waals surface area contributed by atoms with E-state index in [9.17, 15) is 4.79 Å². The molecule has 1 amide bonds. The summed E-state index contributed by atoms with van der Waals surface area (Å²) in [5.41, 5.74) is 7.15. The van der Waals surface area contributed by atoms with Gasteiger partial charge in [0.1, 0.15) is 6.61 Å². The Morgan fingerprint density at radius 2 is 1.58 bits per heavy atom. The number of benzene rings is 3. The third-order valence-electron chi connectivity index (χ3n) is 5.67. The average molecular weight is 410 g/mol. The first-order valence-corrected chi connectivity index (χ1v) is 10.9. The van der Waals surface area contributed by atoms with E-state index in [0.29, 0.717) is 6.61 Å². The number of amides is 1. The lowest BCUT2D eigenvalue weighted by atomic mass is 9.98. The molecule has 0 atom stereocenters. The van der Waals surface area contributed by atoms with Gasteiger partial charge in [0, 0.05) is 11.5 Å². The van der Waals surface area contributed by atoms with Crippen molar-refractivity contribution >= 4 is 6.09 Å². The van der Waals surface area contributed by atoms with E-state index in [-0.39, 0.29) is 12.5 Å². The number of carbonyl (C=O) groups excluding carboxylic acids is 1. The van der Waals surface area contributed by atoms with Gasteiger partial charge in [-0.05, 0) is 52.8 Å². The summed E-state index contributed by atoms with van der Waals surface area (Å²) in [7, 11) is 0. The smallest absolute Gasteiger partial charge is 0.407 e. The van der Waals surface area contributed by atoms with Crippen LogP contribution in [0, 0.1) is 11.8 Å². The summed E-state index contributed by atoms with van der Waals surface area (Å²) in [6.45, 7) is 2.77. The normalized spacial score (nSPS) is 11.8. The molecule has 0 spiro atoms. The third-order valence-corrected chi connectivity index (χ3v) is 5.67. The molecule has 0 aromatic heterocycles. The molecule has 0 bridgehead atoms. The fourth-order valence-corrected chi connectivity index (χ4v) is 4.05. The van der Waals surface area contributed by atoms with Crippen LogP contribution in [0.25, 0.3) is 11.1 Å². The Hall–Kier alpha value is -3.51. The minimum absolute atomic E-state index is 0.0652. The molecule has 0 saturated heterocycles. The second-order valence-electron chi connectivity index (χ2n) is 7.78. The molecule has 1 aliphatic carbocycles. The first-order valence-electron chi connectivity index (χ1n) is 10.9. The summed E-state index contributed by atoms with van der Waals surface area (Å²) >= 11 is 0. The van der Waals surface area contributed by atoms with E-state index in [1.165, 1.54) is 40.7 Å². The van der Waals surface area contributed by atoms with E-state index >= 15 is 0 Å². The van der Waals surface area contributed by atoms with Crippen LogP contribution in [0.4, 0.5) is 4.79 Å². The molecule has 0 saturated carbocycles. The molecule has 1 N–H and O–H groups in total. The maximum absolute atomic E-state index is 12.2. The summed E-state index contributed by atoms with van der Waals surface area (Å²) < 4.78 is 5.53. The predicted molar refractivity (Wildman–Crippen MR) is 125 cm³/mol. The van der Waals surface area contributed by atoms with Crippen molar-refractivity contribution in [3.05, 3.63) is 95.1 Å². The minimum Gasteiger partial charge on any atom is -0.449 e. The number of aryl methyl sites for hydroxylation is 1. The fraction of sp³-hybridized carbons (Fsp3) is 0.250. The van der Waals surface area contributed by atoms with Gasteiger partial charge in [-0.15, -0.1) is 0 Å². The largest absolute Gasteiger partial charge is 0.449 e. The van der Waals surface area contributed by atoms with Crippen LogP contribution in [0.5, 0.6) is 0 Å². The summed E-state index contributed by atoms with van der Waals surface area (Å²) in [5, 5.41) is 2.73. The average Bonchev–Trinajstić information content (AvgIpc) is 3.14. The highest BCUT2D eigenvalue weighted by Gasteiger charge is 2.28. The van der Waals surface area contributed by atoms with Gasteiger partial charge >= 0.3 is 6.09 Å². The zero-order valence-electron chi connectivity index (χ0n) is 17.9. The number of nitrogens with one attached hydrogen (secondary N) is 1. The van der Waals surface area contributed by atoms with Gasteiger partial charge in [-0.1, -0.05) is 85.8 Å². The van der Waals surface area contributed by atoms with E-state index in [4.69, 9.17) is 4.74 Å². The van der Waals surface area contributed by atoms with Gasteiger partial charge in [0.2, 0.25) is 0 Å². The van der Waals surface area contributed by atoms with E-state index in [1.807, 2.05) is 36.4 Å². The van der Waals surface area contributed by atoms with Crippen LogP contribution in [-0.4, -0.2) is 19.2 Å². The molecular formula is C28H27NO2. The van der Waals surface area contributed by atoms with Crippen molar-refractivity contribution in [1.29, 1.82) is 0 Å². The first kappa shape index (κ1) is 20.8. The van der Waals surface area contributed by atoms with Crippen molar-refractivity contribution in [2.75, 3.05) is 13.2 Å². The van der Waals surface area contributed by atoms with Crippen LogP contribution in [0.1, 0.15) is 47.9 Å². The first-order chi connectivity index (χ1) is 15.3. The number of unbranched alkanes of at least 4 members (excludes halogenated alkanes) is 1. The summed E-state index contributed by atoms with van der Waals surface area (Å²) in [5.74, 6) is 6.14. The van der Waals surface area contributed by atoms with Crippen LogP contribution < -0.4 is 5.32 Å². The fourth-order valence-electron chi connectivity index (χ4n) is 4.05. The molecule has 156 valence electrons. The van der Waals surface area contributed by atoms with Crippen LogP contribution in [-0.2, 0) is 11.2 Å². The van der Waals surface area contributed by atoms with Gasteiger partial charge in [0.15, 0.2) is 0 Å². The Labute approximate surface area is 184 Å². The maximum atomic E-state index is 12.2. The second kappa shape index (κ2) is 10.00. The molecule has 1 aliphatic rings. The summed E-state index contributed by atoms with van der Waals surface area (Å²) in [4.78, 5) is 12.2. The number of rotatable bonds is 6. The molecule has 0 radical (unpaired) electrons. The number of ether oxygens (including phenoxy) is 1. The SMILES string of the molecule is CCCCc1ccc(C#CCNC(=O)OCC2c3ccccc3-c3ccccc32)cc1. The van der Waals surface area contributed by atoms with E-state index in [1.54, 1.807) is 0 Å². The van der Waals surface area contributed by atoms with Crippen LogP contribution >= 0.6 is 0 Å². The van der Waals surface area contributed by atoms with Crippen molar-refractivity contribution in [3.8, 4) is 23.0 Å². The Morgan fingerprint density at radius 1 is 0.935 bits per heavy atom. The van der Waals surface area contributed by atoms with E-state index < -0.39 is 6.09 Å². The molecule has 0 aliphatic heterocycles. The Balaban J connectivity index is 1.28. The van der Waals surface area contributed by atoms with Gasteiger partial charge < -0.3 is 10.1 Å². The molecule has 3 aromatic rings. The monoisotopic (exact) mass is 409 g/mol. The zero-order valence-corrected chi connectivity index (χ0v) is 17.9. The van der Waals surface area contributed by atoms with Crippen molar-refractivity contribution in [2.24, 2.45) is 0 Å². The third kappa shape index (κ3) is 4.98. The number of hydrogen-bond donors (Lipinski definition) is 1. The van der Waals surface area contributed by atoms with Gasteiger partial charge in [0.05, 0.1) is 6.54 Å². The molecule has 4 rings (SSSR count). The summed E-state index contributed by atoms with van der Waals surface area (Å²) in [6, 6.07) is 24.9. The van der Waals surface area contributed by atoms with Gasteiger partial charge in [-0.2, -0.15) is 0 Å². The molecule has 3 heteroatoms. The van der Waals surface area contributed by atoms with Crippen LogP contribution in [0.2, 0.25) is 0 Å². The minimum atomic E-state index is -0.439.